The SMILES string of the molecule is CC(=O)Nc1cccc(/C(=C\c2c(C(=O)O)[nH]c3cc(Cl)cc(Cl)c23)C(=O)O)c1. The van der Waals surface area contributed by atoms with Gasteiger partial charge < -0.3 is 20.5 Å². The molecule has 0 saturated carbocycles. The summed E-state index contributed by atoms with van der Waals surface area (Å²) in [6, 6.07) is 9.16. The van der Waals surface area contributed by atoms with Crippen LogP contribution >= 0.6 is 23.2 Å². The van der Waals surface area contributed by atoms with Gasteiger partial charge in [-0.1, -0.05) is 35.3 Å². The van der Waals surface area contributed by atoms with Crippen molar-refractivity contribution in [2.45, 2.75) is 6.92 Å². The van der Waals surface area contributed by atoms with Crippen molar-refractivity contribution < 1.29 is 24.6 Å². The summed E-state index contributed by atoms with van der Waals surface area (Å²) in [6.07, 6.45) is 1.23. The normalized spacial score (nSPS) is 11.5. The summed E-state index contributed by atoms with van der Waals surface area (Å²) in [6.45, 7) is 1.33. The first-order valence-electron chi connectivity index (χ1n) is 8.24. The number of hydrogen-bond acceptors (Lipinski definition) is 3. The number of aromatic amines is 1. The molecule has 7 nitrogen and oxygen atoms in total. The van der Waals surface area contributed by atoms with Crippen LogP contribution in [-0.2, 0) is 9.59 Å². The number of carbonyl (C=O) groups is 3. The number of aromatic nitrogens is 1. The molecule has 3 aromatic rings. The largest absolute Gasteiger partial charge is 0.478 e. The number of fused-ring (bicyclic) bond motifs is 1. The zero-order valence-corrected chi connectivity index (χ0v) is 16.4. The van der Waals surface area contributed by atoms with Gasteiger partial charge in [-0.2, -0.15) is 0 Å². The second-order valence-corrected chi connectivity index (χ2v) is 7.00. The van der Waals surface area contributed by atoms with Crippen LogP contribution in [0, 0.1) is 0 Å². The van der Waals surface area contributed by atoms with E-state index in [-0.39, 0.29) is 33.3 Å². The van der Waals surface area contributed by atoms with Crippen molar-refractivity contribution in [1.82, 2.24) is 4.98 Å². The van der Waals surface area contributed by atoms with Crippen molar-refractivity contribution in [3.05, 3.63) is 63.3 Å². The Labute approximate surface area is 174 Å². The van der Waals surface area contributed by atoms with Gasteiger partial charge in [0.15, 0.2) is 0 Å². The molecule has 3 rings (SSSR count). The van der Waals surface area contributed by atoms with E-state index in [2.05, 4.69) is 10.3 Å². The van der Waals surface area contributed by atoms with E-state index in [1.807, 2.05) is 0 Å². The third-order valence-electron chi connectivity index (χ3n) is 4.08. The molecule has 0 spiro atoms. The summed E-state index contributed by atoms with van der Waals surface area (Å²) in [4.78, 5) is 37.7. The average molecular weight is 433 g/mol. The molecule has 0 unspecified atom stereocenters. The zero-order chi connectivity index (χ0) is 21.3. The molecule has 9 heteroatoms. The smallest absolute Gasteiger partial charge is 0.352 e. The first-order valence-corrected chi connectivity index (χ1v) is 9.00. The Bertz CT molecular complexity index is 1200. The van der Waals surface area contributed by atoms with E-state index < -0.39 is 11.9 Å². The zero-order valence-electron chi connectivity index (χ0n) is 14.9. The lowest BCUT2D eigenvalue weighted by Gasteiger charge is -2.07. The van der Waals surface area contributed by atoms with E-state index in [0.717, 1.165) is 0 Å². The van der Waals surface area contributed by atoms with E-state index in [1.54, 1.807) is 18.2 Å². The number of aliphatic carboxylic acids is 1. The second-order valence-electron chi connectivity index (χ2n) is 6.15. The Morgan fingerprint density at radius 3 is 2.45 bits per heavy atom. The van der Waals surface area contributed by atoms with Crippen LogP contribution in [0.5, 0.6) is 0 Å². The first kappa shape index (κ1) is 20.4. The van der Waals surface area contributed by atoms with Gasteiger partial charge in [0.1, 0.15) is 5.69 Å². The van der Waals surface area contributed by atoms with E-state index >= 15 is 0 Å². The minimum atomic E-state index is -1.28. The lowest BCUT2D eigenvalue weighted by atomic mass is 10.0. The van der Waals surface area contributed by atoms with Crippen molar-refractivity contribution in [3.8, 4) is 0 Å². The lowest BCUT2D eigenvalue weighted by molar-refractivity contribution is -0.130. The molecule has 0 bridgehead atoms. The Morgan fingerprint density at radius 1 is 1.10 bits per heavy atom. The van der Waals surface area contributed by atoms with Crippen LogP contribution in [0.3, 0.4) is 0 Å². The molecule has 0 aliphatic heterocycles. The number of amides is 1. The molecular formula is C20H14Cl2N2O5. The number of benzene rings is 2. The quantitative estimate of drug-likeness (QED) is 0.433. The fourth-order valence-electron chi connectivity index (χ4n) is 2.97. The number of hydrogen-bond donors (Lipinski definition) is 4. The molecule has 0 atom stereocenters. The van der Waals surface area contributed by atoms with Gasteiger partial charge in [-0.15, -0.1) is 0 Å². The van der Waals surface area contributed by atoms with Gasteiger partial charge in [-0.25, -0.2) is 9.59 Å². The summed E-state index contributed by atoms with van der Waals surface area (Å²) in [5.41, 5.74) is 0.760. The molecule has 1 aromatic heterocycles. The molecule has 29 heavy (non-hydrogen) atoms. The molecule has 1 heterocycles. The van der Waals surface area contributed by atoms with E-state index in [9.17, 15) is 24.6 Å². The lowest BCUT2D eigenvalue weighted by Crippen LogP contribution is -2.07. The number of nitrogens with one attached hydrogen (secondary N) is 2. The van der Waals surface area contributed by atoms with E-state index in [1.165, 1.54) is 31.2 Å². The molecule has 0 saturated heterocycles. The molecule has 1 amide bonds. The number of rotatable bonds is 5. The van der Waals surface area contributed by atoms with Crippen molar-refractivity contribution in [2.75, 3.05) is 5.32 Å². The Morgan fingerprint density at radius 2 is 1.83 bits per heavy atom. The third kappa shape index (κ3) is 4.26. The second kappa shape index (κ2) is 7.98. The highest BCUT2D eigenvalue weighted by Gasteiger charge is 2.21. The van der Waals surface area contributed by atoms with Crippen LogP contribution < -0.4 is 5.32 Å². The fourth-order valence-corrected chi connectivity index (χ4v) is 3.56. The van der Waals surface area contributed by atoms with Crippen LogP contribution in [-0.4, -0.2) is 33.0 Å². The number of aromatic carboxylic acids is 1. The third-order valence-corrected chi connectivity index (χ3v) is 4.60. The number of H-pyrrole nitrogens is 1. The number of carboxylic acid groups (broad SMARTS) is 2. The monoisotopic (exact) mass is 432 g/mol. The summed E-state index contributed by atoms with van der Waals surface area (Å²) in [7, 11) is 0. The maximum absolute atomic E-state index is 11.9. The van der Waals surface area contributed by atoms with Gasteiger partial charge in [0.2, 0.25) is 5.91 Å². The molecule has 4 N–H and O–H groups in total. The highest BCUT2D eigenvalue weighted by Crippen LogP contribution is 2.35. The Kier molecular flexibility index (Phi) is 5.63. The standard InChI is InChI=1S/C20H14Cl2N2O5/c1-9(25)23-12-4-2-3-10(5-12)13(19(26)27)8-14-17-15(22)6-11(21)7-16(17)24-18(14)20(28)29/h2-8,24H,1H3,(H,23,25)(H,26,27)(H,28,29)/b13-8+. The Hall–Kier alpha value is -3.29. The van der Waals surface area contributed by atoms with Gasteiger partial charge in [-0.05, 0) is 35.9 Å². The van der Waals surface area contributed by atoms with Gasteiger partial charge in [-0.3, -0.25) is 4.79 Å². The van der Waals surface area contributed by atoms with Crippen molar-refractivity contribution >= 4 is 69.3 Å². The number of halogens is 2. The maximum Gasteiger partial charge on any atom is 0.352 e. The molecule has 0 radical (unpaired) electrons. The molecule has 0 aliphatic rings. The van der Waals surface area contributed by atoms with Crippen LogP contribution in [0.1, 0.15) is 28.5 Å². The number of carbonyl (C=O) groups excluding carboxylic acids is 1. The summed E-state index contributed by atoms with van der Waals surface area (Å²) in [5, 5.41) is 22.7. The van der Waals surface area contributed by atoms with Gasteiger partial charge in [0.25, 0.3) is 0 Å². The van der Waals surface area contributed by atoms with Crippen molar-refractivity contribution in [2.24, 2.45) is 0 Å². The molecule has 2 aromatic carbocycles. The van der Waals surface area contributed by atoms with Crippen LogP contribution in [0.25, 0.3) is 22.6 Å². The van der Waals surface area contributed by atoms with Crippen LogP contribution in [0.2, 0.25) is 10.0 Å². The summed E-state index contributed by atoms with van der Waals surface area (Å²) < 4.78 is 0. The van der Waals surface area contributed by atoms with E-state index in [4.69, 9.17) is 23.2 Å². The summed E-state index contributed by atoms with van der Waals surface area (Å²) >= 11 is 12.2. The van der Waals surface area contributed by atoms with Crippen molar-refractivity contribution in [3.63, 3.8) is 0 Å². The number of anilines is 1. The highest BCUT2D eigenvalue weighted by atomic mass is 35.5. The minimum absolute atomic E-state index is 0.108. The molecule has 0 aliphatic carbocycles. The van der Waals surface area contributed by atoms with Gasteiger partial charge >= 0.3 is 11.9 Å². The number of carboxylic acids is 2. The predicted octanol–water partition coefficient (Wildman–Crippen LogP) is 4.76. The maximum atomic E-state index is 11.9. The summed E-state index contributed by atoms with van der Waals surface area (Å²) in [5.74, 6) is -2.87. The van der Waals surface area contributed by atoms with Gasteiger partial charge in [0.05, 0.1) is 10.6 Å². The average Bonchev–Trinajstić information content (AvgIpc) is 2.97. The predicted molar refractivity (Wildman–Crippen MR) is 112 cm³/mol. The fraction of sp³-hybridized carbons (Fsp3) is 0.0500. The molecular weight excluding hydrogens is 419 g/mol. The highest BCUT2D eigenvalue weighted by molar-refractivity contribution is 6.39. The Balaban J connectivity index is 2.27. The minimum Gasteiger partial charge on any atom is -0.478 e. The van der Waals surface area contributed by atoms with Crippen LogP contribution in [0.15, 0.2) is 36.4 Å². The van der Waals surface area contributed by atoms with E-state index in [0.29, 0.717) is 21.6 Å². The molecule has 148 valence electrons. The van der Waals surface area contributed by atoms with Crippen molar-refractivity contribution in [1.29, 1.82) is 0 Å². The van der Waals surface area contributed by atoms with Gasteiger partial charge in [0, 0.05) is 34.1 Å². The molecule has 0 fully saturated rings. The topological polar surface area (TPSA) is 119 Å². The van der Waals surface area contributed by atoms with Crippen LogP contribution in [0.4, 0.5) is 5.69 Å². The first-order chi connectivity index (χ1) is 13.7.